The molecule has 2 heterocycles. The second kappa shape index (κ2) is 7.87. The summed E-state index contributed by atoms with van der Waals surface area (Å²) < 4.78 is 0. The van der Waals surface area contributed by atoms with E-state index in [9.17, 15) is 9.59 Å². The molecule has 6 nitrogen and oxygen atoms in total. The molecule has 3 rings (SSSR count). The van der Waals surface area contributed by atoms with Crippen molar-refractivity contribution in [3.8, 4) is 0 Å². The first kappa shape index (κ1) is 17.7. The average molecular weight is 344 g/mol. The molecule has 2 saturated heterocycles. The third kappa shape index (κ3) is 4.12. The van der Waals surface area contributed by atoms with Crippen LogP contribution >= 0.6 is 0 Å². The van der Waals surface area contributed by atoms with E-state index in [1.165, 1.54) is 5.69 Å². The van der Waals surface area contributed by atoms with Crippen LogP contribution in [0.5, 0.6) is 0 Å². The Hall–Kier alpha value is -2.08. The molecule has 0 aliphatic carbocycles. The number of hydrogen-bond acceptors (Lipinski definition) is 4. The van der Waals surface area contributed by atoms with Gasteiger partial charge in [0, 0.05) is 45.0 Å². The van der Waals surface area contributed by atoms with Crippen LogP contribution in [-0.2, 0) is 9.59 Å². The smallest absolute Gasteiger partial charge is 0.239 e. The Morgan fingerprint density at radius 1 is 1.08 bits per heavy atom. The van der Waals surface area contributed by atoms with Crippen LogP contribution in [0.1, 0.15) is 19.8 Å². The van der Waals surface area contributed by atoms with E-state index in [0.717, 1.165) is 45.6 Å². The molecule has 2 aliphatic heterocycles. The maximum Gasteiger partial charge on any atom is 0.239 e. The molecule has 2 N–H and O–H groups in total. The van der Waals surface area contributed by atoms with Gasteiger partial charge in [-0.25, -0.2) is 0 Å². The molecule has 1 aromatic rings. The molecule has 0 radical (unpaired) electrons. The summed E-state index contributed by atoms with van der Waals surface area (Å²) in [6.07, 6.45) is 1.65. The molecule has 25 heavy (non-hydrogen) atoms. The lowest BCUT2D eigenvalue weighted by Gasteiger charge is -2.41. The molecule has 0 spiro atoms. The Morgan fingerprint density at radius 2 is 1.76 bits per heavy atom. The van der Waals surface area contributed by atoms with Crippen molar-refractivity contribution < 1.29 is 9.59 Å². The molecule has 0 aromatic heterocycles. The zero-order chi connectivity index (χ0) is 17.8. The first-order chi connectivity index (χ1) is 12.1. The second-order valence-electron chi connectivity index (χ2n) is 7.06. The lowest BCUT2D eigenvalue weighted by atomic mass is 9.97. The summed E-state index contributed by atoms with van der Waals surface area (Å²) in [5.74, 6) is -0.361. The predicted molar refractivity (Wildman–Crippen MR) is 98.2 cm³/mol. The SMILES string of the molecule is C[C@H](C(=O)N1CCC[C@@H](C(N)=O)C1)N1CCN(c2ccccc2)CC1. The number of primary amides is 1. The van der Waals surface area contributed by atoms with Crippen LogP contribution in [0.4, 0.5) is 5.69 Å². The highest BCUT2D eigenvalue weighted by Gasteiger charge is 2.32. The van der Waals surface area contributed by atoms with E-state index in [2.05, 4.69) is 34.1 Å². The van der Waals surface area contributed by atoms with Crippen LogP contribution in [0.2, 0.25) is 0 Å². The number of hydrogen-bond donors (Lipinski definition) is 1. The van der Waals surface area contributed by atoms with Gasteiger partial charge in [-0.3, -0.25) is 14.5 Å². The van der Waals surface area contributed by atoms with Gasteiger partial charge in [0.25, 0.3) is 0 Å². The van der Waals surface area contributed by atoms with Crippen LogP contribution in [-0.4, -0.2) is 66.9 Å². The van der Waals surface area contributed by atoms with Crippen molar-refractivity contribution in [1.82, 2.24) is 9.80 Å². The Morgan fingerprint density at radius 3 is 2.40 bits per heavy atom. The summed E-state index contributed by atoms with van der Waals surface area (Å²) in [6, 6.07) is 10.2. The fourth-order valence-electron chi connectivity index (χ4n) is 3.84. The normalized spacial score (nSPS) is 23.3. The highest BCUT2D eigenvalue weighted by atomic mass is 16.2. The van der Waals surface area contributed by atoms with E-state index in [1.807, 2.05) is 17.9 Å². The molecule has 2 atom stereocenters. The largest absolute Gasteiger partial charge is 0.369 e. The second-order valence-corrected chi connectivity index (χ2v) is 7.06. The molecular formula is C19H28N4O2. The number of piperazine rings is 1. The molecule has 136 valence electrons. The summed E-state index contributed by atoms with van der Waals surface area (Å²) in [4.78, 5) is 30.7. The molecule has 2 fully saturated rings. The van der Waals surface area contributed by atoms with Crippen molar-refractivity contribution in [2.45, 2.75) is 25.8 Å². The number of anilines is 1. The maximum atomic E-state index is 12.8. The van der Waals surface area contributed by atoms with E-state index in [0.29, 0.717) is 6.54 Å². The predicted octanol–water partition coefficient (Wildman–Crippen LogP) is 0.921. The third-order valence-corrected chi connectivity index (χ3v) is 5.48. The molecule has 6 heteroatoms. The minimum Gasteiger partial charge on any atom is -0.369 e. The fourth-order valence-corrected chi connectivity index (χ4v) is 3.84. The Kier molecular flexibility index (Phi) is 5.58. The van der Waals surface area contributed by atoms with Crippen molar-refractivity contribution in [3.05, 3.63) is 30.3 Å². The van der Waals surface area contributed by atoms with Crippen LogP contribution < -0.4 is 10.6 Å². The molecule has 0 saturated carbocycles. The van der Waals surface area contributed by atoms with E-state index < -0.39 is 0 Å². The maximum absolute atomic E-state index is 12.8. The molecule has 0 bridgehead atoms. The molecule has 1 aromatic carbocycles. The van der Waals surface area contributed by atoms with Gasteiger partial charge in [-0.2, -0.15) is 0 Å². The van der Waals surface area contributed by atoms with Gasteiger partial charge in [0.05, 0.1) is 12.0 Å². The molecular weight excluding hydrogens is 316 g/mol. The summed E-state index contributed by atoms with van der Waals surface area (Å²) in [5, 5.41) is 0. The standard InChI is InChI=1S/C19H28N4O2/c1-15(19(25)23-9-5-6-16(14-23)18(20)24)21-10-12-22(13-11-21)17-7-3-2-4-8-17/h2-4,7-8,15-16H,5-6,9-14H2,1H3,(H2,20,24)/t15-,16-/m1/s1. The number of piperidine rings is 1. The summed E-state index contributed by atoms with van der Waals surface area (Å²) >= 11 is 0. The van der Waals surface area contributed by atoms with Gasteiger partial charge in [0.2, 0.25) is 11.8 Å². The number of para-hydroxylation sites is 1. The lowest BCUT2D eigenvalue weighted by Crippen LogP contribution is -2.56. The number of likely N-dealkylation sites (tertiary alicyclic amines) is 1. The lowest BCUT2D eigenvalue weighted by molar-refractivity contribution is -0.139. The van der Waals surface area contributed by atoms with Gasteiger partial charge >= 0.3 is 0 Å². The van der Waals surface area contributed by atoms with E-state index >= 15 is 0 Å². The summed E-state index contributed by atoms with van der Waals surface area (Å²) in [6.45, 7) is 6.77. The number of carbonyl (C=O) groups is 2. The number of carbonyl (C=O) groups excluding carboxylic acids is 2. The minimum atomic E-state index is -0.290. The first-order valence-electron chi connectivity index (χ1n) is 9.18. The van der Waals surface area contributed by atoms with E-state index in [4.69, 9.17) is 5.73 Å². The highest BCUT2D eigenvalue weighted by Crippen LogP contribution is 2.20. The third-order valence-electron chi connectivity index (χ3n) is 5.48. The first-order valence-corrected chi connectivity index (χ1v) is 9.18. The van der Waals surface area contributed by atoms with Crippen LogP contribution in [0, 0.1) is 5.92 Å². The summed E-state index contributed by atoms with van der Waals surface area (Å²) in [7, 11) is 0. The number of benzene rings is 1. The van der Waals surface area contributed by atoms with Crippen molar-refractivity contribution in [2.24, 2.45) is 11.7 Å². The van der Waals surface area contributed by atoms with E-state index in [1.54, 1.807) is 0 Å². The number of nitrogens with zero attached hydrogens (tertiary/aromatic N) is 3. The van der Waals surface area contributed by atoms with Crippen molar-refractivity contribution in [2.75, 3.05) is 44.2 Å². The number of rotatable bonds is 4. The molecule has 2 aliphatic rings. The fraction of sp³-hybridized carbons (Fsp3) is 0.579. The Balaban J connectivity index is 1.54. The van der Waals surface area contributed by atoms with Gasteiger partial charge in [0.1, 0.15) is 0 Å². The summed E-state index contributed by atoms with van der Waals surface area (Å²) in [5.41, 5.74) is 6.66. The van der Waals surface area contributed by atoms with Crippen molar-refractivity contribution in [1.29, 1.82) is 0 Å². The quantitative estimate of drug-likeness (QED) is 0.882. The topological polar surface area (TPSA) is 69.9 Å². The van der Waals surface area contributed by atoms with Gasteiger partial charge in [-0.15, -0.1) is 0 Å². The molecule has 0 unspecified atom stereocenters. The number of nitrogens with two attached hydrogens (primary N) is 1. The van der Waals surface area contributed by atoms with Gasteiger partial charge < -0.3 is 15.5 Å². The Labute approximate surface area is 149 Å². The van der Waals surface area contributed by atoms with Crippen LogP contribution in [0.25, 0.3) is 0 Å². The monoisotopic (exact) mass is 344 g/mol. The minimum absolute atomic E-state index is 0.124. The van der Waals surface area contributed by atoms with Crippen LogP contribution in [0.3, 0.4) is 0 Å². The highest BCUT2D eigenvalue weighted by molar-refractivity contribution is 5.83. The Bertz CT molecular complexity index is 599. The van der Waals surface area contributed by atoms with Gasteiger partial charge in [0.15, 0.2) is 0 Å². The van der Waals surface area contributed by atoms with Crippen LogP contribution in [0.15, 0.2) is 30.3 Å². The van der Waals surface area contributed by atoms with Crippen molar-refractivity contribution >= 4 is 17.5 Å². The van der Waals surface area contributed by atoms with Crippen molar-refractivity contribution in [3.63, 3.8) is 0 Å². The zero-order valence-corrected chi connectivity index (χ0v) is 14.9. The zero-order valence-electron chi connectivity index (χ0n) is 14.9. The van der Waals surface area contributed by atoms with Gasteiger partial charge in [-0.1, -0.05) is 18.2 Å². The molecule has 2 amide bonds. The van der Waals surface area contributed by atoms with Gasteiger partial charge in [-0.05, 0) is 31.9 Å². The average Bonchev–Trinajstić information content (AvgIpc) is 2.67. The van der Waals surface area contributed by atoms with E-state index in [-0.39, 0.29) is 23.8 Å². The number of amides is 2.